The molecule has 0 aliphatic carbocycles. The number of piperidine rings is 1. The zero-order chi connectivity index (χ0) is 13.3. The molecule has 1 aliphatic rings. The van der Waals surface area contributed by atoms with Crippen LogP contribution in [0.4, 0.5) is 0 Å². The third kappa shape index (κ3) is 2.42. The van der Waals surface area contributed by atoms with Gasteiger partial charge in [-0.15, -0.1) is 0 Å². The van der Waals surface area contributed by atoms with Gasteiger partial charge in [0, 0.05) is 19.0 Å². The maximum atomic E-state index is 12.5. The molecule has 0 N–H and O–H groups in total. The Labute approximate surface area is 108 Å². The summed E-state index contributed by atoms with van der Waals surface area (Å²) in [6, 6.07) is 0. The predicted molar refractivity (Wildman–Crippen MR) is 69.6 cm³/mol. The van der Waals surface area contributed by atoms with Crippen LogP contribution in [0.15, 0.2) is 4.52 Å². The van der Waals surface area contributed by atoms with E-state index < -0.39 is 0 Å². The summed E-state index contributed by atoms with van der Waals surface area (Å²) in [7, 11) is 0. The first-order valence-corrected chi connectivity index (χ1v) is 6.76. The topological polar surface area (TPSA) is 46.3 Å². The van der Waals surface area contributed by atoms with Gasteiger partial charge in [0.05, 0.1) is 5.69 Å². The van der Waals surface area contributed by atoms with Crippen molar-refractivity contribution in [2.75, 3.05) is 13.1 Å². The molecule has 18 heavy (non-hydrogen) atoms. The van der Waals surface area contributed by atoms with Gasteiger partial charge in [0.2, 0.25) is 0 Å². The van der Waals surface area contributed by atoms with E-state index in [0.29, 0.717) is 11.3 Å². The highest BCUT2D eigenvalue weighted by Crippen LogP contribution is 2.25. The van der Waals surface area contributed by atoms with E-state index in [-0.39, 0.29) is 11.8 Å². The third-order valence-corrected chi connectivity index (χ3v) is 3.70. The Morgan fingerprint density at radius 3 is 2.56 bits per heavy atom. The minimum atomic E-state index is 0.0874. The number of nitrogens with zero attached hydrogens (tertiary/aromatic N) is 2. The summed E-state index contributed by atoms with van der Waals surface area (Å²) < 4.78 is 5.29. The van der Waals surface area contributed by atoms with Gasteiger partial charge in [-0.05, 0) is 25.7 Å². The molecule has 0 bridgehead atoms. The second kappa shape index (κ2) is 5.12. The van der Waals surface area contributed by atoms with E-state index in [1.807, 2.05) is 25.7 Å². The molecule has 4 heteroatoms. The van der Waals surface area contributed by atoms with E-state index in [4.69, 9.17) is 4.52 Å². The fourth-order valence-corrected chi connectivity index (χ4v) is 2.41. The summed E-state index contributed by atoms with van der Waals surface area (Å²) in [5.41, 5.74) is 1.39. The molecule has 0 aromatic carbocycles. The SMILES string of the molecule is Cc1noc(C(C)C)c1C(=O)N1CCC(C)CC1. The Morgan fingerprint density at radius 1 is 1.39 bits per heavy atom. The highest BCUT2D eigenvalue weighted by Gasteiger charge is 2.28. The number of aromatic nitrogens is 1. The van der Waals surface area contributed by atoms with E-state index in [1.165, 1.54) is 0 Å². The lowest BCUT2D eigenvalue weighted by Gasteiger charge is -2.30. The average Bonchev–Trinajstić information content (AvgIpc) is 2.71. The highest BCUT2D eigenvalue weighted by molar-refractivity contribution is 5.96. The summed E-state index contributed by atoms with van der Waals surface area (Å²) >= 11 is 0. The van der Waals surface area contributed by atoms with Gasteiger partial charge < -0.3 is 9.42 Å². The van der Waals surface area contributed by atoms with Crippen LogP contribution in [-0.4, -0.2) is 29.1 Å². The van der Waals surface area contributed by atoms with Crippen LogP contribution in [0.1, 0.15) is 61.3 Å². The molecule has 1 aromatic heterocycles. The van der Waals surface area contributed by atoms with Crippen LogP contribution >= 0.6 is 0 Å². The molecule has 1 saturated heterocycles. The maximum absolute atomic E-state index is 12.5. The van der Waals surface area contributed by atoms with Gasteiger partial charge in [-0.25, -0.2) is 0 Å². The molecule has 1 fully saturated rings. The Hall–Kier alpha value is -1.32. The first-order valence-electron chi connectivity index (χ1n) is 6.76. The van der Waals surface area contributed by atoms with Crippen LogP contribution in [-0.2, 0) is 0 Å². The molecule has 0 saturated carbocycles. The molecule has 2 heterocycles. The summed E-state index contributed by atoms with van der Waals surface area (Å²) in [6.07, 6.45) is 2.18. The van der Waals surface area contributed by atoms with Gasteiger partial charge in [0.25, 0.3) is 5.91 Å². The molecular weight excluding hydrogens is 228 g/mol. The van der Waals surface area contributed by atoms with Gasteiger partial charge in [0.15, 0.2) is 5.76 Å². The van der Waals surface area contributed by atoms with Crippen molar-refractivity contribution < 1.29 is 9.32 Å². The van der Waals surface area contributed by atoms with E-state index in [2.05, 4.69) is 12.1 Å². The lowest BCUT2D eigenvalue weighted by Crippen LogP contribution is -2.38. The van der Waals surface area contributed by atoms with Crippen molar-refractivity contribution in [2.24, 2.45) is 5.92 Å². The normalized spacial score (nSPS) is 17.5. The van der Waals surface area contributed by atoms with Crippen molar-refractivity contribution in [1.82, 2.24) is 10.1 Å². The zero-order valence-corrected chi connectivity index (χ0v) is 11.7. The van der Waals surface area contributed by atoms with Gasteiger partial charge in [-0.1, -0.05) is 25.9 Å². The van der Waals surface area contributed by atoms with E-state index in [1.54, 1.807) is 0 Å². The van der Waals surface area contributed by atoms with Gasteiger partial charge in [-0.2, -0.15) is 0 Å². The minimum Gasteiger partial charge on any atom is -0.360 e. The summed E-state index contributed by atoms with van der Waals surface area (Å²) in [5, 5.41) is 3.95. The molecular formula is C14H22N2O2. The number of aryl methyl sites for hydroxylation is 1. The van der Waals surface area contributed by atoms with Crippen molar-refractivity contribution in [2.45, 2.75) is 46.5 Å². The number of hydrogen-bond donors (Lipinski definition) is 0. The Kier molecular flexibility index (Phi) is 3.73. The molecule has 0 spiro atoms. The minimum absolute atomic E-state index is 0.0874. The number of carbonyl (C=O) groups is 1. The highest BCUT2D eigenvalue weighted by atomic mass is 16.5. The molecule has 1 aromatic rings. The maximum Gasteiger partial charge on any atom is 0.259 e. The van der Waals surface area contributed by atoms with E-state index >= 15 is 0 Å². The number of hydrogen-bond acceptors (Lipinski definition) is 3. The lowest BCUT2D eigenvalue weighted by molar-refractivity contribution is 0.0693. The number of likely N-dealkylation sites (tertiary alicyclic amines) is 1. The lowest BCUT2D eigenvalue weighted by atomic mass is 9.97. The van der Waals surface area contributed by atoms with Crippen LogP contribution in [0, 0.1) is 12.8 Å². The smallest absolute Gasteiger partial charge is 0.259 e. The predicted octanol–water partition coefficient (Wildman–Crippen LogP) is 2.98. The molecule has 1 aliphatic heterocycles. The van der Waals surface area contributed by atoms with Crippen molar-refractivity contribution in [3.8, 4) is 0 Å². The van der Waals surface area contributed by atoms with Crippen LogP contribution in [0.25, 0.3) is 0 Å². The van der Waals surface area contributed by atoms with Gasteiger partial charge in [0.1, 0.15) is 5.56 Å². The monoisotopic (exact) mass is 250 g/mol. The van der Waals surface area contributed by atoms with Crippen LogP contribution in [0.5, 0.6) is 0 Å². The largest absolute Gasteiger partial charge is 0.360 e. The van der Waals surface area contributed by atoms with E-state index in [0.717, 1.165) is 37.6 Å². The van der Waals surface area contributed by atoms with Gasteiger partial charge >= 0.3 is 0 Å². The summed E-state index contributed by atoms with van der Waals surface area (Å²) in [5.74, 6) is 1.72. The van der Waals surface area contributed by atoms with Crippen molar-refractivity contribution in [3.63, 3.8) is 0 Å². The average molecular weight is 250 g/mol. The van der Waals surface area contributed by atoms with Crippen LogP contribution in [0.2, 0.25) is 0 Å². The number of carbonyl (C=O) groups excluding carboxylic acids is 1. The summed E-state index contributed by atoms with van der Waals surface area (Å²) in [4.78, 5) is 14.5. The fourth-order valence-electron chi connectivity index (χ4n) is 2.41. The molecule has 4 nitrogen and oxygen atoms in total. The second-order valence-electron chi connectivity index (χ2n) is 5.64. The first kappa shape index (κ1) is 13.1. The Balaban J connectivity index is 2.21. The molecule has 1 amide bonds. The standard InChI is InChI=1S/C14H22N2O2/c1-9(2)13-12(11(4)15-18-13)14(17)16-7-5-10(3)6-8-16/h9-10H,5-8H2,1-4H3. The summed E-state index contributed by atoms with van der Waals surface area (Å²) in [6.45, 7) is 9.83. The van der Waals surface area contributed by atoms with Crippen molar-refractivity contribution in [1.29, 1.82) is 0 Å². The molecule has 2 rings (SSSR count). The zero-order valence-electron chi connectivity index (χ0n) is 11.7. The molecule has 0 atom stereocenters. The Bertz CT molecular complexity index is 429. The van der Waals surface area contributed by atoms with E-state index in [9.17, 15) is 4.79 Å². The number of amides is 1. The van der Waals surface area contributed by atoms with Gasteiger partial charge in [-0.3, -0.25) is 4.79 Å². The van der Waals surface area contributed by atoms with Crippen LogP contribution in [0.3, 0.4) is 0 Å². The van der Waals surface area contributed by atoms with Crippen molar-refractivity contribution >= 4 is 5.91 Å². The molecule has 0 unspecified atom stereocenters. The number of rotatable bonds is 2. The fraction of sp³-hybridized carbons (Fsp3) is 0.714. The quantitative estimate of drug-likeness (QED) is 0.810. The molecule has 100 valence electrons. The third-order valence-electron chi connectivity index (χ3n) is 3.70. The first-order chi connectivity index (χ1) is 8.50. The van der Waals surface area contributed by atoms with Crippen LogP contribution < -0.4 is 0 Å². The van der Waals surface area contributed by atoms with Crippen molar-refractivity contribution in [3.05, 3.63) is 17.0 Å². The molecule has 0 radical (unpaired) electrons. The second-order valence-corrected chi connectivity index (χ2v) is 5.64. The Morgan fingerprint density at radius 2 is 2.00 bits per heavy atom.